The van der Waals surface area contributed by atoms with Gasteiger partial charge in [0.2, 0.25) is 11.8 Å². The topological polar surface area (TPSA) is 102 Å². The van der Waals surface area contributed by atoms with Crippen LogP contribution in [0.1, 0.15) is 36.5 Å². The standard InChI is InChI=1S/C21H30N4O4/c1-15(26)24-10-12-25(13-11-24)18-9-5-8-17(20(18)28)23-19(27)14-22-21(29)16-6-3-2-4-7-16/h2-4,6-7,17-18,20,28H,5,8-14H2,1H3,(H,22,29)(H,23,27)/t17-,18-,20-/m1/s1. The third-order valence-corrected chi connectivity index (χ3v) is 5.84. The molecular formula is C21H30N4O4. The molecule has 0 aromatic heterocycles. The molecule has 1 saturated heterocycles. The van der Waals surface area contributed by atoms with Crippen molar-refractivity contribution >= 4 is 17.7 Å². The number of aliphatic hydroxyl groups is 1. The Labute approximate surface area is 171 Å². The predicted octanol–water partition coefficient (Wildman–Crippen LogP) is -0.0213. The van der Waals surface area contributed by atoms with E-state index in [9.17, 15) is 19.5 Å². The molecule has 29 heavy (non-hydrogen) atoms. The average Bonchev–Trinajstić information content (AvgIpc) is 2.74. The maximum Gasteiger partial charge on any atom is 0.251 e. The van der Waals surface area contributed by atoms with Crippen molar-refractivity contribution in [3.8, 4) is 0 Å². The molecule has 1 aromatic carbocycles. The summed E-state index contributed by atoms with van der Waals surface area (Å²) >= 11 is 0. The van der Waals surface area contributed by atoms with Gasteiger partial charge in [-0.15, -0.1) is 0 Å². The van der Waals surface area contributed by atoms with Crippen LogP contribution in [0.4, 0.5) is 0 Å². The maximum atomic E-state index is 12.3. The number of piperazine rings is 1. The minimum atomic E-state index is -0.665. The van der Waals surface area contributed by atoms with Crippen molar-refractivity contribution in [2.24, 2.45) is 0 Å². The Morgan fingerprint density at radius 3 is 2.41 bits per heavy atom. The highest BCUT2D eigenvalue weighted by Crippen LogP contribution is 2.25. The van der Waals surface area contributed by atoms with Gasteiger partial charge < -0.3 is 20.6 Å². The fourth-order valence-electron chi connectivity index (χ4n) is 4.19. The zero-order valence-corrected chi connectivity index (χ0v) is 16.8. The SMILES string of the molecule is CC(=O)N1CCN([C@@H]2CCC[C@@H](NC(=O)CNC(=O)c3ccccc3)[C@H]2O)CC1. The van der Waals surface area contributed by atoms with Crippen LogP contribution in [0.2, 0.25) is 0 Å². The van der Waals surface area contributed by atoms with Gasteiger partial charge in [0.25, 0.3) is 5.91 Å². The highest BCUT2D eigenvalue weighted by Gasteiger charge is 2.37. The van der Waals surface area contributed by atoms with E-state index in [2.05, 4.69) is 15.5 Å². The summed E-state index contributed by atoms with van der Waals surface area (Å²) in [5, 5.41) is 16.3. The van der Waals surface area contributed by atoms with E-state index < -0.39 is 6.10 Å². The lowest BCUT2D eigenvalue weighted by Crippen LogP contribution is -2.61. The molecule has 8 nitrogen and oxygen atoms in total. The predicted molar refractivity (Wildman–Crippen MR) is 108 cm³/mol. The Morgan fingerprint density at radius 1 is 1.07 bits per heavy atom. The first-order valence-corrected chi connectivity index (χ1v) is 10.3. The Balaban J connectivity index is 1.47. The zero-order valence-electron chi connectivity index (χ0n) is 16.8. The first-order chi connectivity index (χ1) is 14.0. The molecule has 158 valence electrons. The summed E-state index contributed by atoms with van der Waals surface area (Å²) in [6.07, 6.45) is 1.83. The third kappa shape index (κ3) is 5.55. The maximum absolute atomic E-state index is 12.3. The Hall–Kier alpha value is -2.45. The van der Waals surface area contributed by atoms with Crippen molar-refractivity contribution < 1.29 is 19.5 Å². The number of nitrogens with zero attached hydrogens (tertiary/aromatic N) is 2. The summed E-state index contributed by atoms with van der Waals surface area (Å²) in [4.78, 5) is 39.9. The number of hydrogen-bond donors (Lipinski definition) is 3. The largest absolute Gasteiger partial charge is 0.389 e. The van der Waals surface area contributed by atoms with E-state index >= 15 is 0 Å². The summed E-state index contributed by atoms with van der Waals surface area (Å²) in [6, 6.07) is 8.38. The van der Waals surface area contributed by atoms with Gasteiger partial charge in [0.1, 0.15) is 0 Å². The van der Waals surface area contributed by atoms with Crippen LogP contribution in [-0.2, 0) is 9.59 Å². The molecule has 8 heteroatoms. The van der Waals surface area contributed by atoms with Crippen LogP contribution >= 0.6 is 0 Å². The lowest BCUT2D eigenvalue weighted by atomic mass is 9.86. The van der Waals surface area contributed by atoms with Gasteiger partial charge in [-0.25, -0.2) is 0 Å². The Morgan fingerprint density at radius 2 is 1.76 bits per heavy atom. The van der Waals surface area contributed by atoms with Gasteiger partial charge in [-0.1, -0.05) is 18.2 Å². The molecule has 2 aliphatic rings. The summed E-state index contributed by atoms with van der Waals surface area (Å²) < 4.78 is 0. The van der Waals surface area contributed by atoms with E-state index in [-0.39, 0.29) is 36.3 Å². The van der Waals surface area contributed by atoms with Crippen LogP contribution in [0.3, 0.4) is 0 Å². The van der Waals surface area contributed by atoms with Gasteiger partial charge in [0, 0.05) is 44.7 Å². The van der Waals surface area contributed by atoms with Crippen LogP contribution < -0.4 is 10.6 Å². The molecule has 0 spiro atoms. The van der Waals surface area contributed by atoms with E-state index in [0.29, 0.717) is 25.1 Å². The summed E-state index contributed by atoms with van der Waals surface area (Å²) in [5.74, 6) is -0.525. The van der Waals surface area contributed by atoms with Crippen LogP contribution in [0.5, 0.6) is 0 Å². The number of hydrogen-bond acceptors (Lipinski definition) is 5. The molecule has 0 radical (unpaired) electrons. The Kier molecular flexibility index (Phi) is 7.22. The molecule has 1 saturated carbocycles. The minimum Gasteiger partial charge on any atom is -0.389 e. The van der Waals surface area contributed by atoms with Gasteiger partial charge in [-0.05, 0) is 31.4 Å². The van der Waals surface area contributed by atoms with Gasteiger partial charge in [0.05, 0.1) is 18.7 Å². The number of carbonyl (C=O) groups excluding carboxylic acids is 3. The second-order valence-electron chi connectivity index (χ2n) is 7.75. The summed E-state index contributed by atoms with van der Waals surface area (Å²) in [5.41, 5.74) is 0.503. The number of carbonyl (C=O) groups is 3. The first-order valence-electron chi connectivity index (χ1n) is 10.3. The molecule has 1 heterocycles. The molecular weight excluding hydrogens is 372 g/mol. The van der Waals surface area contributed by atoms with Crippen LogP contribution in [0, 0.1) is 0 Å². The number of benzene rings is 1. The van der Waals surface area contributed by atoms with Crippen molar-refractivity contribution in [1.29, 1.82) is 0 Å². The van der Waals surface area contributed by atoms with E-state index in [4.69, 9.17) is 0 Å². The van der Waals surface area contributed by atoms with Crippen molar-refractivity contribution in [2.45, 2.75) is 44.4 Å². The van der Waals surface area contributed by atoms with Gasteiger partial charge in [-0.2, -0.15) is 0 Å². The number of amides is 3. The van der Waals surface area contributed by atoms with Crippen molar-refractivity contribution in [3.63, 3.8) is 0 Å². The highest BCUT2D eigenvalue weighted by atomic mass is 16.3. The van der Waals surface area contributed by atoms with Crippen LogP contribution in [-0.4, -0.2) is 83.5 Å². The third-order valence-electron chi connectivity index (χ3n) is 5.84. The van der Waals surface area contributed by atoms with Crippen LogP contribution in [0.15, 0.2) is 30.3 Å². The molecule has 3 atom stereocenters. The fraction of sp³-hybridized carbons (Fsp3) is 0.571. The molecule has 3 amide bonds. The Bertz CT molecular complexity index is 719. The van der Waals surface area contributed by atoms with E-state index in [1.54, 1.807) is 31.2 Å². The molecule has 0 bridgehead atoms. The van der Waals surface area contributed by atoms with Crippen molar-refractivity contribution in [3.05, 3.63) is 35.9 Å². The smallest absolute Gasteiger partial charge is 0.251 e. The summed E-state index contributed by atoms with van der Waals surface area (Å²) in [7, 11) is 0. The molecule has 3 rings (SSSR count). The second kappa shape index (κ2) is 9.84. The molecule has 3 N–H and O–H groups in total. The molecule has 0 unspecified atom stereocenters. The lowest BCUT2D eigenvalue weighted by Gasteiger charge is -2.45. The number of aliphatic hydroxyl groups excluding tert-OH is 1. The fourth-order valence-corrected chi connectivity index (χ4v) is 4.19. The quantitative estimate of drug-likeness (QED) is 0.643. The van der Waals surface area contributed by atoms with Crippen molar-refractivity contribution in [2.75, 3.05) is 32.7 Å². The van der Waals surface area contributed by atoms with Gasteiger partial charge >= 0.3 is 0 Å². The number of nitrogens with one attached hydrogen (secondary N) is 2. The normalized spacial score (nSPS) is 25.3. The molecule has 1 aromatic rings. The zero-order chi connectivity index (χ0) is 20.8. The van der Waals surface area contributed by atoms with Gasteiger partial charge in [-0.3, -0.25) is 19.3 Å². The monoisotopic (exact) mass is 402 g/mol. The minimum absolute atomic E-state index is 0.0259. The van der Waals surface area contributed by atoms with Crippen molar-refractivity contribution in [1.82, 2.24) is 20.4 Å². The van der Waals surface area contributed by atoms with E-state index in [0.717, 1.165) is 25.9 Å². The van der Waals surface area contributed by atoms with E-state index in [1.807, 2.05) is 11.0 Å². The second-order valence-corrected chi connectivity index (χ2v) is 7.75. The first kappa shape index (κ1) is 21.3. The number of rotatable bonds is 5. The summed E-state index contributed by atoms with van der Waals surface area (Å²) in [6.45, 7) is 4.25. The highest BCUT2D eigenvalue weighted by molar-refractivity contribution is 5.96. The molecule has 1 aliphatic carbocycles. The van der Waals surface area contributed by atoms with Crippen LogP contribution in [0.25, 0.3) is 0 Å². The molecule has 1 aliphatic heterocycles. The average molecular weight is 402 g/mol. The van der Waals surface area contributed by atoms with Gasteiger partial charge in [0.15, 0.2) is 0 Å². The lowest BCUT2D eigenvalue weighted by molar-refractivity contribution is -0.132. The molecule has 2 fully saturated rings. The van der Waals surface area contributed by atoms with E-state index in [1.165, 1.54) is 0 Å².